The normalized spacial score (nSPS) is 33.4. The number of fused-ring (bicyclic) bond motifs is 1. The highest BCUT2D eigenvalue weighted by Crippen LogP contribution is 2.61. The molecule has 0 amide bonds. The molecule has 2 aromatic heterocycles. The van der Waals surface area contributed by atoms with Gasteiger partial charge in [-0.2, -0.15) is 14.4 Å². The number of carbonyl (C=O) groups is 2. The smallest absolute Gasteiger partial charge is 0.435 e. The third-order valence-electron chi connectivity index (χ3n) is 9.18. The van der Waals surface area contributed by atoms with Crippen molar-refractivity contribution in [3.05, 3.63) is 12.4 Å². The first-order chi connectivity index (χ1) is 19.7. The third-order valence-corrected chi connectivity index (χ3v) is 9.18. The minimum atomic E-state index is -1.69. The number of nitrogen functional groups attached to an aromatic ring is 1. The van der Waals surface area contributed by atoms with E-state index in [9.17, 15) is 14.0 Å². The standard InChI is InChI=1S/C28H34FN5O7/c1-3-28(14-39-25(35)38-6-5-27-11-16-7-17(12-27)9-18(8-16)13-27)19(40-26(36)37-4-2)10-20(41-28)34-15-31-21-22(30)32-24(29)33-23(21)34/h1,15-20H,4-14H2,2H3,(H2,30,32,33)/t16?,17?,18?,19-,20+,27?,28+/m0/s1. The zero-order valence-corrected chi connectivity index (χ0v) is 22.9. The lowest BCUT2D eigenvalue weighted by molar-refractivity contribution is -0.107. The Bertz CT molecular complexity index is 1340. The summed E-state index contributed by atoms with van der Waals surface area (Å²) in [5.41, 5.74) is 4.58. The molecule has 2 N–H and O–H groups in total. The number of carbonyl (C=O) groups excluding carboxylic acids is 2. The average Bonchev–Trinajstić information content (AvgIpc) is 3.48. The minimum Gasteiger partial charge on any atom is -0.435 e. The van der Waals surface area contributed by atoms with Gasteiger partial charge < -0.3 is 29.4 Å². The van der Waals surface area contributed by atoms with Crippen LogP contribution in [-0.2, 0) is 23.7 Å². The van der Waals surface area contributed by atoms with Crippen LogP contribution < -0.4 is 5.73 Å². The van der Waals surface area contributed by atoms with Crippen molar-refractivity contribution in [1.29, 1.82) is 0 Å². The van der Waals surface area contributed by atoms with Gasteiger partial charge in [0, 0.05) is 6.42 Å². The Hall–Kier alpha value is -3.66. The average molecular weight is 572 g/mol. The van der Waals surface area contributed by atoms with E-state index in [-0.39, 0.29) is 42.0 Å². The zero-order valence-electron chi connectivity index (χ0n) is 22.9. The minimum absolute atomic E-state index is 0.00439. The Morgan fingerprint density at radius 2 is 1.83 bits per heavy atom. The number of aromatic nitrogens is 4. The summed E-state index contributed by atoms with van der Waals surface area (Å²) in [5.74, 6) is 4.75. The molecule has 220 valence electrons. The Kier molecular flexibility index (Phi) is 7.13. The molecule has 0 spiro atoms. The van der Waals surface area contributed by atoms with E-state index < -0.39 is 42.9 Å². The molecular formula is C28H34FN5O7. The number of anilines is 1. The molecule has 0 radical (unpaired) electrons. The van der Waals surface area contributed by atoms with Gasteiger partial charge in [0.25, 0.3) is 0 Å². The van der Waals surface area contributed by atoms with Gasteiger partial charge in [0.1, 0.15) is 12.8 Å². The highest BCUT2D eigenvalue weighted by Gasteiger charge is 2.53. The monoisotopic (exact) mass is 571 g/mol. The molecule has 3 atom stereocenters. The van der Waals surface area contributed by atoms with Crippen LogP contribution in [0.4, 0.5) is 19.8 Å². The third kappa shape index (κ3) is 5.25. The molecule has 12 nitrogen and oxygen atoms in total. The van der Waals surface area contributed by atoms with Gasteiger partial charge in [0.2, 0.25) is 5.60 Å². The molecule has 5 aliphatic rings. The maximum absolute atomic E-state index is 13.9. The number of nitrogens with two attached hydrogens (primary N) is 1. The quantitative estimate of drug-likeness (QED) is 0.277. The van der Waals surface area contributed by atoms with Crippen LogP contribution >= 0.6 is 0 Å². The maximum Gasteiger partial charge on any atom is 0.508 e. The van der Waals surface area contributed by atoms with Crippen LogP contribution in [-0.4, -0.2) is 63.4 Å². The van der Waals surface area contributed by atoms with Crippen LogP contribution in [0.25, 0.3) is 11.2 Å². The van der Waals surface area contributed by atoms with Crippen molar-refractivity contribution in [2.24, 2.45) is 23.2 Å². The predicted octanol–water partition coefficient (Wildman–Crippen LogP) is 4.14. The topological polar surface area (TPSA) is 150 Å². The number of ether oxygens (including phenoxy) is 5. The molecule has 1 saturated heterocycles. The fourth-order valence-electron chi connectivity index (χ4n) is 7.89. The molecule has 2 aromatic rings. The van der Waals surface area contributed by atoms with Crippen molar-refractivity contribution < 1.29 is 37.7 Å². The lowest BCUT2D eigenvalue weighted by atomic mass is 9.49. The van der Waals surface area contributed by atoms with E-state index in [1.54, 1.807) is 6.92 Å². The molecule has 4 aliphatic carbocycles. The van der Waals surface area contributed by atoms with Crippen molar-refractivity contribution in [3.63, 3.8) is 0 Å². The number of halogens is 1. The van der Waals surface area contributed by atoms with Crippen molar-refractivity contribution in [3.8, 4) is 12.3 Å². The predicted molar refractivity (Wildman–Crippen MR) is 140 cm³/mol. The Morgan fingerprint density at radius 1 is 1.12 bits per heavy atom. The zero-order chi connectivity index (χ0) is 28.8. The van der Waals surface area contributed by atoms with Crippen molar-refractivity contribution in [2.75, 3.05) is 25.6 Å². The second-order valence-electron chi connectivity index (χ2n) is 11.9. The highest BCUT2D eigenvalue weighted by molar-refractivity contribution is 5.81. The van der Waals surface area contributed by atoms with E-state index in [1.807, 2.05) is 0 Å². The largest absolute Gasteiger partial charge is 0.508 e. The summed E-state index contributed by atoms with van der Waals surface area (Å²) in [4.78, 5) is 36.3. The fourth-order valence-corrected chi connectivity index (χ4v) is 7.89. The first-order valence-corrected chi connectivity index (χ1v) is 14.2. The summed E-state index contributed by atoms with van der Waals surface area (Å²) in [5, 5.41) is 0. The van der Waals surface area contributed by atoms with E-state index >= 15 is 0 Å². The van der Waals surface area contributed by atoms with Gasteiger partial charge in [0.05, 0.1) is 19.5 Å². The SMILES string of the molecule is C#C[C@]1(COC(=O)OCCC23CC4CC(CC(C4)C2)C3)O[C@@H](n2cnc3c(N)nc(F)nc32)C[C@@H]1OC(=O)OCC. The van der Waals surface area contributed by atoms with Gasteiger partial charge in [-0.05, 0) is 75.0 Å². The molecule has 1 aliphatic heterocycles. The van der Waals surface area contributed by atoms with E-state index in [1.165, 1.54) is 49.4 Å². The number of imidazole rings is 1. The van der Waals surface area contributed by atoms with Gasteiger partial charge in [-0.15, -0.1) is 6.42 Å². The van der Waals surface area contributed by atoms with Crippen LogP contribution in [0, 0.1) is 41.6 Å². The first kappa shape index (κ1) is 27.5. The molecular weight excluding hydrogens is 537 g/mol. The molecule has 0 aromatic carbocycles. The summed E-state index contributed by atoms with van der Waals surface area (Å²) in [6, 6.07) is 0. The molecule has 0 unspecified atom stereocenters. The molecule has 7 rings (SSSR count). The van der Waals surface area contributed by atoms with Gasteiger partial charge in [-0.3, -0.25) is 4.57 Å². The van der Waals surface area contributed by atoms with Gasteiger partial charge in [0.15, 0.2) is 23.1 Å². The van der Waals surface area contributed by atoms with Crippen molar-refractivity contribution in [2.45, 2.75) is 76.2 Å². The maximum atomic E-state index is 13.9. The van der Waals surface area contributed by atoms with Gasteiger partial charge in [-0.1, -0.05) is 5.92 Å². The molecule has 13 heteroatoms. The van der Waals surface area contributed by atoms with E-state index in [4.69, 9.17) is 35.8 Å². The second kappa shape index (κ2) is 10.6. The van der Waals surface area contributed by atoms with Crippen LogP contribution in [0.5, 0.6) is 0 Å². The molecule has 3 heterocycles. The lowest BCUT2D eigenvalue weighted by Gasteiger charge is -2.57. The number of hydrogen-bond donors (Lipinski definition) is 1. The van der Waals surface area contributed by atoms with E-state index in [0.29, 0.717) is 0 Å². The molecule has 4 bridgehead atoms. The summed E-state index contributed by atoms with van der Waals surface area (Å²) in [7, 11) is 0. The Balaban J connectivity index is 1.12. The molecule has 5 fully saturated rings. The number of terminal acetylenes is 1. The van der Waals surface area contributed by atoms with Gasteiger partial charge >= 0.3 is 18.4 Å². The second-order valence-corrected chi connectivity index (χ2v) is 11.9. The number of hydrogen-bond acceptors (Lipinski definition) is 11. The first-order valence-electron chi connectivity index (χ1n) is 14.2. The summed E-state index contributed by atoms with van der Waals surface area (Å²) >= 11 is 0. The lowest BCUT2D eigenvalue weighted by Crippen LogP contribution is -2.46. The summed E-state index contributed by atoms with van der Waals surface area (Å²) < 4.78 is 42.8. The fraction of sp³-hybridized carbons (Fsp3) is 0.679. The Morgan fingerprint density at radius 3 is 2.49 bits per heavy atom. The van der Waals surface area contributed by atoms with Crippen molar-refractivity contribution in [1.82, 2.24) is 19.5 Å². The molecule has 4 saturated carbocycles. The number of nitrogens with zero attached hydrogens (tertiary/aromatic N) is 4. The van der Waals surface area contributed by atoms with Crippen molar-refractivity contribution >= 4 is 29.3 Å². The van der Waals surface area contributed by atoms with Crippen LogP contribution in [0.15, 0.2) is 6.33 Å². The highest BCUT2D eigenvalue weighted by atomic mass is 19.1. The van der Waals surface area contributed by atoms with E-state index in [2.05, 4.69) is 20.9 Å². The van der Waals surface area contributed by atoms with Crippen LogP contribution in [0.2, 0.25) is 0 Å². The van der Waals surface area contributed by atoms with Gasteiger partial charge in [-0.25, -0.2) is 14.6 Å². The van der Waals surface area contributed by atoms with Crippen LogP contribution in [0.3, 0.4) is 0 Å². The molecule has 41 heavy (non-hydrogen) atoms. The number of rotatable bonds is 8. The summed E-state index contributed by atoms with van der Waals surface area (Å²) in [6.45, 7) is 1.50. The summed E-state index contributed by atoms with van der Waals surface area (Å²) in [6.07, 6.45) is 10.8. The van der Waals surface area contributed by atoms with Crippen LogP contribution in [0.1, 0.15) is 64.5 Å². The van der Waals surface area contributed by atoms with E-state index in [0.717, 1.165) is 24.2 Å². The Labute approximate surface area is 236 Å².